The Hall–Kier alpha value is -1.54. The van der Waals surface area contributed by atoms with Crippen LogP contribution in [0.1, 0.15) is 19.1 Å². The van der Waals surface area contributed by atoms with Gasteiger partial charge in [0, 0.05) is 12.6 Å². The zero-order chi connectivity index (χ0) is 12.0. The predicted octanol–water partition coefficient (Wildman–Crippen LogP) is 2.48. The van der Waals surface area contributed by atoms with Crippen molar-refractivity contribution >= 4 is 27.9 Å². The molecule has 0 bridgehead atoms. The molecule has 0 spiro atoms. The zero-order valence-corrected chi connectivity index (χ0v) is 10.4. The topological polar surface area (TPSA) is 66.0 Å². The molecule has 0 aliphatic heterocycles. The minimum atomic E-state index is -0.378. The van der Waals surface area contributed by atoms with Crippen molar-refractivity contribution in [1.82, 2.24) is 5.32 Å². The van der Waals surface area contributed by atoms with Crippen molar-refractivity contribution in [1.29, 1.82) is 5.26 Å². The molecule has 5 heteroatoms. The number of rotatable bonds is 4. The maximum absolute atomic E-state index is 11.5. The second-order valence-electron chi connectivity index (χ2n) is 3.07. The average molecular weight is 283 g/mol. The van der Waals surface area contributed by atoms with Crippen LogP contribution in [0.4, 0.5) is 0 Å². The summed E-state index contributed by atoms with van der Waals surface area (Å²) in [6, 6.07) is 5.22. The first-order valence-corrected chi connectivity index (χ1v) is 5.62. The molecule has 0 fully saturated rings. The molecule has 16 heavy (non-hydrogen) atoms. The number of halogens is 1. The third-order valence-electron chi connectivity index (χ3n) is 1.78. The lowest BCUT2D eigenvalue weighted by atomic mass is 10.2. The second-order valence-corrected chi connectivity index (χ2v) is 3.85. The Morgan fingerprint density at radius 1 is 1.69 bits per heavy atom. The van der Waals surface area contributed by atoms with E-state index < -0.39 is 0 Å². The lowest BCUT2D eigenvalue weighted by molar-refractivity contribution is -0.117. The van der Waals surface area contributed by atoms with Crippen molar-refractivity contribution in [3.63, 3.8) is 0 Å². The quantitative estimate of drug-likeness (QED) is 0.682. The summed E-state index contributed by atoms with van der Waals surface area (Å²) in [5.41, 5.74) is 0.0373. The molecule has 0 aliphatic carbocycles. The average Bonchev–Trinajstić information content (AvgIpc) is 2.68. The van der Waals surface area contributed by atoms with Gasteiger partial charge in [-0.1, -0.05) is 6.92 Å². The molecule has 0 radical (unpaired) electrons. The first kappa shape index (κ1) is 12.5. The first-order chi connectivity index (χ1) is 7.67. The Balaban J connectivity index is 2.78. The summed E-state index contributed by atoms with van der Waals surface area (Å²) in [5, 5.41) is 11.5. The van der Waals surface area contributed by atoms with E-state index in [0.717, 1.165) is 6.42 Å². The van der Waals surface area contributed by atoms with Crippen molar-refractivity contribution < 1.29 is 9.21 Å². The Morgan fingerprint density at radius 2 is 2.44 bits per heavy atom. The number of furan rings is 1. The molecule has 0 aliphatic rings. The van der Waals surface area contributed by atoms with E-state index in [9.17, 15) is 4.79 Å². The molecule has 0 saturated heterocycles. The van der Waals surface area contributed by atoms with Crippen LogP contribution in [-0.4, -0.2) is 12.5 Å². The number of nitriles is 1. The Bertz CT molecular complexity index is 443. The van der Waals surface area contributed by atoms with Gasteiger partial charge in [0.1, 0.15) is 17.4 Å². The number of nitrogens with one attached hydrogen (secondary N) is 1. The van der Waals surface area contributed by atoms with Crippen molar-refractivity contribution in [3.8, 4) is 6.07 Å². The maximum Gasteiger partial charge on any atom is 0.262 e. The molecule has 1 N–H and O–H groups in total. The summed E-state index contributed by atoms with van der Waals surface area (Å²) in [6.07, 6.45) is 2.24. The van der Waals surface area contributed by atoms with Gasteiger partial charge in [0.2, 0.25) is 0 Å². The minimum Gasteiger partial charge on any atom is -0.450 e. The molecule has 1 aromatic heterocycles. The van der Waals surface area contributed by atoms with Gasteiger partial charge in [-0.05, 0) is 34.5 Å². The fraction of sp³-hybridized carbons (Fsp3) is 0.273. The van der Waals surface area contributed by atoms with E-state index in [4.69, 9.17) is 9.68 Å². The van der Waals surface area contributed by atoms with Crippen LogP contribution in [0.5, 0.6) is 0 Å². The first-order valence-electron chi connectivity index (χ1n) is 4.82. The highest BCUT2D eigenvalue weighted by atomic mass is 79.9. The van der Waals surface area contributed by atoms with Crippen LogP contribution in [0.3, 0.4) is 0 Å². The van der Waals surface area contributed by atoms with Gasteiger partial charge in [0.15, 0.2) is 4.67 Å². The normalized spacial score (nSPS) is 10.9. The van der Waals surface area contributed by atoms with Gasteiger partial charge < -0.3 is 9.73 Å². The minimum absolute atomic E-state index is 0.0373. The summed E-state index contributed by atoms with van der Waals surface area (Å²) in [5.74, 6) is 0.0898. The van der Waals surface area contributed by atoms with E-state index in [-0.39, 0.29) is 11.5 Å². The van der Waals surface area contributed by atoms with Crippen LogP contribution >= 0.6 is 15.9 Å². The summed E-state index contributed by atoms with van der Waals surface area (Å²) >= 11 is 3.14. The van der Waals surface area contributed by atoms with Gasteiger partial charge >= 0.3 is 0 Å². The van der Waals surface area contributed by atoms with Crippen molar-refractivity contribution in [3.05, 3.63) is 28.1 Å². The molecule has 0 saturated carbocycles. The Morgan fingerprint density at radius 3 is 2.94 bits per heavy atom. The van der Waals surface area contributed by atoms with Crippen LogP contribution in [0, 0.1) is 11.3 Å². The summed E-state index contributed by atoms with van der Waals surface area (Å²) in [7, 11) is 0. The largest absolute Gasteiger partial charge is 0.450 e. The monoisotopic (exact) mass is 282 g/mol. The van der Waals surface area contributed by atoms with Crippen LogP contribution < -0.4 is 5.32 Å². The molecule has 0 aromatic carbocycles. The van der Waals surface area contributed by atoms with Gasteiger partial charge in [-0.15, -0.1) is 0 Å². The molecule has 84 valence electrons. The van der Waals surface area contributed by atoms with E-state index in [1.165, 1.54) is 6.08 Å². The van der Waals surface area contributed by atoms with E-state index >= 15 is 0 Å². The Labute approximate surface area is 102 Å². The molecular formula is C11H11BrN2O2. The third kappa shape index (κ3) is 3.55. The van der Waals surface area contributed by atoms with Crippen LogP contribution in [0.25, 0.3) is 6.08 Å². The summed E-state index contributed by atoms with van der Waals surface area (Å²) < 4.78 is 5.74. The van der Waals surface area contributed by atoms with Crippen LogP contribution in [-0.2, 0) is 4.79 Å². The highest BCUT2D eigenvalue weighted by molar-refractivity contribution is 9.10. The van der Waals surface area contributed by atoms with Crippen molar-refractivity contribution in [2.75, 3.05) is 6.54 Å². The number of amides is 1. The lowest BCUT2D eigenvalue weighted by Gasteiger charge is -2.00. The maximum atomic E-state index is 11.5. The molecule has 1 aromatic rings. The third-order valence-corrected chi connectivity index (χ3v) is 2.21. The van der Waals surface area contributed by atoms with Gasteiger partial charge in [-0.3, -0.25) is 4.79 Å². The van der Waals surface area contributed by atoms with E-state index in [2.05, 4.69) is 21.2 Å². The standard InChI is InChI=1S/C11H11BrN2O2/c1-2-5-14-11(15)8(7-13)6-9-3-4-10(12)16-9/h3-4,6H,2,5H2,1H3,(H,14,15)/b8-6-. The molecule has 1 heterocycles. The molecule has 1 amide bonds. The van der Waals surface area contributed by atoms with Crippen molar-refractivity contribution in [2.24, 2.45) is 0 Å². The molecular weight excluding hydrogens is 272 g/mol. The van der Waals surface area contributed by atoms with Crippen LogP contribution in [0.2, 0.25) is 0 Å². The molecule has 0 unspecified atom stereocenters. The Kier molecular flexibility index (Phi) is 4.80. The van der Waals surface area contributed by atoms with E-state index in [1.807, 2.05) is 13.0 Å². The van der Waals surface area contributed by atoms with Gasteiger partial charge in [0.05, 0.1) is 0 Å². The summed E-state index contributed by atoms with van der Waals surface area (Å²) in [4.78, 5) is 11.5. The SMILES string of the molecule is CCCNC(=O)/C(C#N)=C\c1ccc(Br)o1. The number of carbonyl (C=O) groups is 1. The summed E-state index contributed by atoms with van der Waals surface area (Å²) in [6.45, 7) is 2.50. The van der Waals surface area contributed by atoms with E-state index in [0.29, 0.717) is 17.0 Å². The highest BCUT2D eigenvalue weighted by Crippen LogP contribution is 2.16. The number of nitrogens with zero attached hydrogens (tertiary/aromatic N) is 1. The van der Waals surface area contributed by atoms with Crippen LogP contribution in [0.15, 0.2) is 26.8 Å². The number of hydrogen-bond acceptors (Lipinski definition) is 3. The second kappa shape index (κ2) is 6.13. The van der Waals surface area contributed by atoms with Crippen molar-refractivity contribution in [2.45, 2.75) is 13.3 Å². The molecule has 1 rings (SSSR count). The zero-order valence-electron chi connectivity index (χ0n) is 8.79. The predicted molar refractivity (Wildman–Crippen MR) is 63.3 cm³/mol. The highest BCUT2D eigenvalue weighted by Gasteiger charge is 2.08. The fourth-order valence-corrected chi connectivity index (χ4v) is 1.35. The molecule has 4 nitrogen and oxygen atoms in total. The smallest absolute Gasteiger partial charge is 0.262 e. The molecule has 0 atom stereocenters. The lowest BCUT2D eigenvalue weighted by Crippen LogP contribution is -2.25. The van der Waals surface area contributed by atoms with Gasteiger partial charge in [0.25, 0.3) is 5.91 Å². The number of carbonyl (C=O) groups excluding carboxylic acids is 1. The van der Waals surface area contributed by atoms with E-state index in [1.54, 1.807) is 12.1 Å². The fourth-order valence-electron chi connectivity index (χ4n) is 1.03. The van der Waals surface area contributed by atoms with Gasteiger partial charge in [-0.25, -0.2) is 0 Å². The number of hydrogen-bond donors (Lipinski definition) is 1. The van der Waals surface area contributed by atoms with Gasteiger partial charge in [-0.2, -0.15) is 5.26 Å².